The Labute approximate surface area is 117 Å². The first-order valence-electron chi connectivity index (χ1n) is 6.61. The van der Waals surface area contributed by atoms with Gasteiger partial charge in [0.1, 0.15) is 0 Å². The molecule has 2 heterocycles. The Kier molecular flexibility index (Phi) is 4.22. The molecule has 0 aliphatic rings. The Morgan fingerprint density at radius 3 is 2.58 bits per heavy atom. The molecule has 19 heavy (non-hydrogen) atoms. The second-order valence-electron chi connectivity index (χ2n) is 4.87. The second-order valence-corrected chi connectivity index (χ2v) is 5.82. The van der Waals surface area contributed by atoms with Gasteiger partial charge < -0.3 is 10.3 Å². The molecule has 0 aliphatic carbocycles. The average molecular weight is 276 g/mol. The molecule has 2 aromatic rings. The van der Waals surface area contributed by atoms with Gasteiger partial charge in [-0.2, -0.15) is 0 Å². The van der Waals surface area contributed by atoms with Crippen LogP contribution in [0.4, 0.5) is 0 Å². The smallest absolute Gasteiger partial charge is 0.256 e. The molecule has 0 amide bonds. The van der Waals surface area contributed by atoms with Crippen LogP contribution in [0.3, 0.4) is 0 Å². The number of thiophene rings is 1. The topological polar surface area (TPSA) is 48.0 Å². The normalized spacial score (nSPS) is 14.3. The first kappa shape index (κ1) is 14.0. The molecule has 0 bridgehead atoms. The minimum Gasteiger partial charge on any atom is -0.324 e. The lowest BCUT2D eigenvalue weighted by Crippen LogP contribution is -2.30. The lowest BCUT2D eigenvalue weighted by Gasteiger charge is -2.20. The molecular formula is C15H20N2OS. The fraction of sp³-hybridized carbons (Fsp3) is 0.400. The van der Waals surface area contributed by atoms with Crippen LogP contribution in [0.2, 0.25) is 0 Å². The SMILES string of the molecule is CCC(C)n1c(-c2cccs2)ccc(C(C)N)c1=O. The Morgan fingerprint density at radius 1 is 1.32 bits per heavy atom. The van der Waals surface area contributed by atoms with Gasteiger partial charge in [-0.3, -0.25) is 4.79 Å². The standard InChI is InChI=1S/C15H20N2OS/c1-4-10(2)17-13(14-6-5-9-19-14)8-7-12(11(3)16)15(17)18/h5-11H,4,16H2,1-3H3. The van der Waals surface area contributed by atoms with E-state index in [1.165, 1.54) is 0 Å². The van der Waals surface area contributed by atoms with Crippen LogP contribution in [0, 0.1) is 0 Å². The van der Waals surface area contributed by atoms with Crippen LogP contribution >= 0.6 is 11.3 Å². The number of nitrogens with two attached hydrogens (primary N) is 1. The zero-order chi connectivity index (χ0) is 14.0. The van der Waals surface area contributed by atoms with Crippen LogP contribution in [0.1, 0.15) is 44.8 Å². The van der Waals surface area contributed by atoms with Crippen molar-refractivity contribution in [3.63, 3.8) is 0 Å². The highest BCUT2D eigenvalue weighted by atomic mass is 32.1. The van der Waals surface area contributed by atoms with E-state index in [1.54, 1.807) is 11.3 Å². The maximum atomic E-state index is 12.6. The molecule has 0 saturated heterocycles. The molecule has 0 saturated carbocycles. The van der Waals surface area contributed by atoms with Crippen molar-refractivity contribution in [3.8, 4) is 10.6 Å². The van der Waals surface area contributed by atoms with Crippen molar-refractivity contribution >= 4 is 11.3 Å². The molecule has 0 fully saturated rings. The molecule has 2 N–H and O–H groups in total. The predicted octanol–water partition coefficient (Wildman–Crippen LogP) is 3.57. The number of hydrogen-bond donors (Lipinski definition) is 1. The summed E-state index contributed by atoms with van der Waals surface area (Å²) in [5.41, 5.74) is 7.59. The maximum Gasteiger partial charge on any atom is 0.256 e. The van der Waals surface area contributed by atoms with Gasteiger partial charge in [0.05, 0.1) is 10.6 Å². The van der Waals surface area contributed by atoms with Crippen molar-refractivity contribution in [2.75, 3.05) is 0 Å². The van der Waals surface area contributed by atoms with Gasteiger partial charge in [-0.25, -0.2) is 0 Å². The van der Waals surface area contributed by atoms with Gasteiger partial charge >= 0.3 is 0 Å². The summed E-state index contributed by atoms with van der Waals surface area (Å²) in [4.78, 5) is 13.7. The minimum atomic E-state index is -0.236. The molecule has 0 aromatic carbocycles. The highest BCUT2D eigenvalue weighted by Gasteiger charge is 2.16. The Hall–Kier alpha value is -1.39. The average Bonchev–Trinajstić information content (AvgIpc) is 2.90. The third kappa shape index (κ3) is 2.65. The van der Waals surface area contributed by atoms with Gasteiger partial charge in [0.15, 0.2) is 0 Å². The minimum absolute atomic E-state index is 0.0373. The summed E-state index contributed by atoms with van der Waals surface area (Å²) in [5.74, 6) is 0. The lowest BCUT2D eigenvalue weighted by molar-refractivity contribution is 0.514. The van der Waals surface area contributed by atoms with Crippen molar-refractivity contribution in [3.05, 3.63) is 45.6 Å². The molecule has 0 radical (unpaired) electrons. The first-order chi connectivity index (χ1) is 9.06. The van der Waals surface area contributed by atoms with Crippen LogP contribution in [0.15, 0.2) is 34.4 Å². The molecule has 2 unspecified atom stereocenters. The number of rotatable bonds is 4. The van der Waals surface area contributed by atoms with Crippen molar-refractivity contribution in [2.45, 2.75) is 39.3 Å². The summed E-state index contributed by atoms with van der Waals surface area (Å²) in [7, 11) is 0. The number of aromatic nitrogens is 1. The van der Waals surface area contributed by atoms with Gasteiger partial charge in [0, 0.05) is 17.6 Å². The molecule has 0 aliphatic heterocycles. The van der Waals surface area contributed by atoms with Gasteiger partial charge in [0.25, 0.3) is 5.56 Å². The summed E-state index contributed by atoms with van der Waals surface area (Å²) in [5, 5.41) is 2.03. The predicted molar refractivity (Wildman–Crippen MR) is 81.6 cm³/mol. The van der Waals surface area contributed by atoms with E-state index >= 15 is 0 Å². The van der Waals surface area contributed by atoms with Crippen LogP contribution in [-0.2, 0) is 0 Å². The molecule has 0 spiro atoms. The Balaban J connectivity index is 2.69. The molecule has 2 atom stereocenters. The third-order valence-corrected chi connectivity index (χ3v) is 4.33. The molecule has 4 heteroatoms. The summed E-state index contributed by atoms with van der Waals surface area (Å²) < 4.78 is 1.88. The van der Waals surface area contributed by atoms with E-state index < -0.39 is 0 Å². The van der Waals surface area contributed by atoms with Crippen molar-refractivity contribution in [1.82, 2.24) is 4.57 Å². The fourth-order valence-corrected chi connectivity index (χ4v) is 2.91. The molecule has 2 rings (SSSR count). The Morgan fingerprint density at radius 2 is 2.05 bits per heavy atom. The van der Waals surface area contributed by atoms with E-state index in [9.17, 15) is 4.79 Å². The van der Waals surface area contributed by atoms with E-state index in [1.807, 2.05) is 41.1 Å². The van der Waals surface area contributed by atoms with E-state index in [0.717, 1.165) is 17.0 Å². The largest absolute Gasteiger partial charge is 0.324 e. The number of pyridine rings is 1. The highest BCUT2D eigenvalue weighted by Crippen LogP contribution is 2.27. The van der Waals surface area contributed by atoms with E-state index in [2.05, 4.69) is 13.8 Å². The maximum absolute atomic E-state index is 12.6. The highest BCUT2D eigenvalue weighted by molar-refractivity contribution is 7.13. The van der Waals surface area contributed by atoms with Crippen LogP contribution in [-0.4, -0.2) is 4.57 Å². The van der Waals surface area contributed by atoms with Gasteiger partial charge in [-0.05, 0) is 43.8 Å². The van der Waals surface area contributed by atoms with Crippen LogP contribution < -0.4 is 11.3 Å². The zero-order valence-electron chi connectivity index (χ0n) is 11.6. The first-order valence-corrected chi connectivity index (χ1v) is 7.49. The van der Waals surface area contributed by atoms with E-state index in [-0.39, 0.29) is 17.6 Å². The molecular weight excluding hydrogens is 256 g/mol. The zero-order valence-corrected chi connectivity index (χ0v) is 12.4. The van der Waals surface area contributed by atoms with Crippen molar-refractivity contribution < 1.29 is 0 Å². The fourth-order valence-electron chi connectivity index (χ4n) is 2.16. The van der Waals surface area contributed by atoms with Crippen LogP contribution in [0.25, 0.3) is 10.6 Å². The molecule has 3 nitrogen and oxygen atoms in total. The number of nitrogens with zero attached hydrogens (tertiary/aromatic N) is 1. The summed E-state index contributed by atoms with van der Waals surface area (Å²) in [6.45, 7) is 6.01. The molecule has 102 valence electrons. The van der Waals surface area contributed by atoms with E-state index in [4.69, 9.17) is 5.73 Å². The van der Waals surface area contributed by atoms with Gasteiger partial charge in [-0.1, -0.05) is 13.0 Å². The van der Waals surface area contributed by atoms with Gasteiger partial charge in [0.2, 0.25) is 0 Å². The summed E-state index contributed by atoms with van der Waals surface area (Å²) >= 11 is 1.65. The van der Waals surface area contributed by atoms with Gasteiger partial charge in [-0.15, -0.1) is 11.3 Å². The number of hydrogen-bond acceptors (Lipinski definition) is 3. The Bertz CT molecular complexity index is 599. The van der Waals surface area contributed by atoms with Crippen molar-refractivity contribution in [1.29, 1.82) is 0 Å². The third-order valence-electron chi connectivity index (χ3n) is 3.44. The second kappa shape index (κ2) is 5.72. The lowest BCUT2D eigenvalue weighted by atomic mass is 10.1. The monoisotopic (exact) mass is 276 g/mol. The summed E-state index contributed by atoms with van der Waals surface area (Å²) in [6, 6.07) is 7.86. The van der Waals surface area contributed by atoms with Crippen molar-refractivity contribution in [2.24, 2.45) is 5.73 Å². The van der Waals surface area contributed by atoms with Crippen LogP contribution in [0.5, 0.6) is 0 Å². The van der Waals surface area contributed by atoms with E-state index in [0.29, 0.717) is 5.56 Å². The quantitative estimate of drug-likeness (QED) is 0.928. The summed E-state index contributed by atoms with van der Waals surface area (Å²) in [6.07, 6.45) is 0.917. The molecule has 2 aromatic heterocycles.